The number of hydrogen-bond donors (Lipinski definition) is 1. The minimum atomic E-state index is -4.82. The van der Waals surface area contributed by atoms with Crippen molar-refractivity contribution in [3.63, 3.8) is 0 Å². The van der Waals surface area contributed by atoms with Crippen LogP contribution in [0.2, 0.25) is 5.02 Å². The number of benzene rings is 3. The van der Waals surface area contributed by atoms with E-state index < -0.39 is 23.3 Å². The van der Waals surface area contributed by atoms with Gasteiger partial charge in [-0.05, 0) is 66.6 Å². The molecule has 3 heterocycles. The lowest BCUT2D eigenvalue weighted by atomic mass is 10.0. The number of aromatic nitrogens is 4. The van der Waals surface area contributed by atoms with E-state index in [0.717, 1.165) is 38.9 Å². The molecule has 6 rings (SSSR count). The lowest BCUT2D eigenvalue weighted by molar-refractivity contribution is -0.141. The van der Waals surface area contributed by atoms with Crippen molar-refractivity contribution in [3.8, 4) is 22.6 Å². The Labute approximate surface area is 225 Å². The minimum Gasteiger partial charge on any atom is -0.491 e. The van der Waals surface area contributed by atoms with E-state index in [4.69, 9.17) is 16.3 Å². The van der Waals surface area contributed by atoms with Crippen LogP contribution in [-0.2, 0) is 12.7 Å². The smallest absolute Gasteiger partial charge is 0.435 e. The molecule has 0 fully saturated rings. The molecule has 0 radical (unpaired) electrons. The first kappa shape index (κ1) is 25.0. The van der Waals surface area contributed by atoms with Crippen LogP contribution in [0.4, 0.5) is 13.2 Å². The molecule has 11 heteroatoms. The molecule has 0 spiro atoms. The van der Waals surface area contributed by atoms with E-state index in [1.807, 2.05) is 43.3 Å². The standard InChI is InChI=1S/C28H21ClF3N5O2/c1-16-33-23-8-2-18(13-24(23)34-16)17-3-9-25-19(12-17)14-36(10-11-39-25)27(38)22-15-37(35-26(22)28(30,31)32)21-6-4-20(29)5-7-21/h2-9,12-13,15H,10-11,14H2,1H3,(H,33,34). The van der Waals surface area contributed by atoms with Crippen LogP contribution in [-0.4, -0.2) is 43.7 Å². The van der Waals surface area contributed by atoms with Gasteiger partial charge < -0.3 is 14.6 Å². The number of aromatic amines is 1. The van der Waals surface area contributed by atoms with E-state index in [0.29, 0.717) is 22.0 Å². The summed E-state index contributed by atoms with van der Waals surface area (Å²) in [6.07, 6.45) is -3.71. The maximum absolute atomic E-state index is 13.9. The van der Waals surface area contributed by atoms with Gasteiger partial charge in [0.25, 0.3) is 5.91 Å². The minimum absolute atomic E-state index is 0.0786. The first-order chi connectivity index (χ1) is 18.7. The average Bonchev–Trinajstić information content (AvgIpc) is 3.45. The highest BCUT2D eigenvalue weighted by Gasteiger charge is 2.40. The first-order valence-electron chi connectivity index (χ1n) is 12.1. The van der Waals surface area contributed by atoms with E-state index in [1.165, 1.54) is 17.0 Å². The van der Waals surface area contributed by atoms with Gasteiger partial charge in [0.2, 0.25) is 0 Å². The van der Waals surface area contributed by atoms with Gasteiger partial charge in [-0.15, -0.1) is 0 Å². The number of halogens is 4. The largest absolute Gasteiger partial charge is 0.491 e. The monoisotopic (exact) mass is 551 g/mol. The molecule has 0 saturated carbocycles. The van der Waals surface area contributed by atoms with Gasteiger partial charge in [-0.1, -0.05) is 23.7 Å². The molecule has 1 amide bonds. The summed E-state index contributed by atoms with van der Waals surface area (Å²) in [7, 11) is 0. The van der Waals surface area contributed by atoms with Crippen LogP contribution in [0.5, 0.6) is 5.75 Å². The summed E-state index contributed by atoms with van der Waals surface area (Å²) in [4.78, 5) is 22.5. The second-order valence-electron chi connectivity index (χ2n) is 9.26. The van der Waals surface area contributed by atoms with E-state index in [-0.39, 0.29) is 19.7 Å². The van der Waals surface area contributed by atoms with Crippen LogP contribution >= 0.6 is 11.6 Å². The highest BCUT2D eigenvalue weighted by Crippen LogP contribution is 2.34. The molecule has 5 aromatic rings. The van der Waals surface area contributed by atoms with Gasteiger partial charge in [0, 0.05) is 23.3 Å². The number of ether oxygens (including phenoxy) is 1. The van der Waals surface area contributed by atoms with Crippen molar-refractivity contribution < 1.29 is 22.7 Å². The Hall–Kier alpha value is -4.31. The van der Waals surface area contributed by atoms with Gasteiger partial charge in [-0.3, -0.25) is 4.79 Å². The Kier molecular flexibility index (Phi) is 6.06. The fourth-order valence-electron chi connectivity index (χ4n) is 4.70. The predicted octanol–water partition coefficient (Wildman–Crippen LogP) is 6.43. The Balaban J connectivity index is 1.33. The number of carbonyl (C=O) groups is 1. The van der Waals surface area contributed by atoms with Crippen LogP contribution in [0, 0.1) is 6.92 Å². The van der Waals surface area contributed by atoms with E-state index >= 15 is 0 Å². The number of aryl methyl sites for hydroxylation is 1. The third kappa shape index (κ3) is 4.83. The topological polar surface area (TPSA) is 76.0 Å². The number of alkyl halides is 3. The summed E-state index contributed by atoms with van der Waals surface area (Å²) in [5.74, 6) is 0.612. The highest BCUT2D eigenvalue weighted by molar-refractivity contribution is 6.30. The molecule has 198 valence electrons. The van der Waals surface area contributed by atoms with Crippen LogP contribution in [0.1, 0.15) is 27.4 Å². The van der Waals surface area contributed by atoms with Crippen molar-refractivity contribution >= 4 is 28.5 Å². The molecular formula is C28H21ClF3N5O2. The highest BCUT2D eigenvalue weighted by atomic mass is 35.5. The fraction of sp³-hybridized carbons (Fsp3) is 0.179. The van der Waals surface area contributed by atoms with Crippen LogP contribution < -0.4 is 4.74 Å². The molecule has 0 bridgehead atoms. The third-order valence-electron chi connectivity index (χ3n) is 6.57. The molecule has 3 aromatic carbocycles. The van der Waals surface area contributed by atoms with Crippen molar-refractivity contribution in [2.45, 2.75) is 19.6 Å². The summed E-state index contributed by atoms with van der Waals surface area (Å²) >= 11 is 5.91. The maximum Gasteiger partial charge on any atom is 0.435 e. The SMILES string of the molecule is Cc1nc2cc(-c3ccc4c(c3)CN(C(=O)c3cn(-c5ccc(Cl)cc5)nc3C(F)(F)F)CCO4)ccc2[nH]1. The van der Waals surface area contributed by atoms with E-state index in [9.17, 15) is 18.0 Å². The Morgan fingerprint density at radius 2 is 1.79 bits per heavy atom. The summed E-state index contributed by atoms with van der Waals surface area (Å²) in [5.41, 5.74) is 2.80. The van der Waals surface area contributed by atoms with Crippen molar-refractivity contribution in [1.29, 1.82) is 0 Å². The molecule has 0 saturated heterocycles. The summed E-state index contributed by atoms with van der Waals surface area (Å²) in [5, 5.41) is 4.14. The molecule has 39 heavy (non-hydrogen) atoms. The number of nitrogens with one attached hydrogen (secondary N) is 1. The zero-order chi connectivity index (χ0) is 27.3. The van der Waals surface area contributed by atoms with Gasteiger partial charge in [0.05, 0.1) is 28.8 Å². The van der Waals surface area contributed by atoms with Crippen molar-refractivity contribution in [2.24, 2.45) is 0 Å². The lowest BCUT2D eigenvalue weighted by Gasteiger charge is -2.20. The van der Waals surface area contributed by atoms with Crippen molar-refractivity contribution in [3.05, 3.63) is 94.5 Å². The van der Waals surface area contributed by atoms with Crippen molar-refractivity contribution in [2.75, 3.05) is 13.2 Å². The van der Waals surface area contributed by atoms with Gasteiger partial charge in [0.1, 0.15) is 18.2 Å². The molecule has 0 atom stereocenters. The van der Waals surface area contributed by atoms with E-state index in [1.54, 1.807) is 12.1 Å². The van der Waals surface area contributed by atoms with Crippen LogP contribution in [0.25, 0.3) is 27.8 Å². The number of rotatable bonds is 3. The van der Waals surface area contributed by atoms with Crippen LogP contribution in [0.15, 0.2) is 66.9 Å². The normalized spacial score (nSPS) is 13.7. The van der Waals surface area contributed by atoms with Crippen molar-refractivity contribution in [1.82, 2.24) is 24.6 Å². The van der Waals surface area contributed by atoms with Gasteiger partial charge in [0.15, 0.2) is 5.69 Å². The van der Waals surface area contributed by atoms with E-state index in [2.05, 4.69) is 15.1 Å². The molecule has 1 aliphatic rings. The Bertz CT molecular complexity index is 1710. The molecule has 0 aliphatic carbocycles. The third-order valence-corrected chi connectivity index (χ3v) is 6.82. The number of carbonyl (C=O) groups excluding carboxylic acids is 1. The fourth-order valence-corrected chi connectivity index (χ4v) is 4.82. The van der Waals surface area contributed by atoms with Gasteiger partial charge >= 0.3 is 6.18 Å². The maximum atomic E-state index is 13.9. The number of amides is 1. The quantitative estimate of drug-likeness (QED) is 0.280. The van der Waals surface area contributed by atoms with Crippen LogP contribution in [0.3, 0.4) is 0 Å². The Morgan fingerprint density at radius 1 is 1.05 bits per heavy atom. The average molecular weight is 552 g/mol. The zero-order valence-electron chi connectivity index (χ0n) is 20.6. The molecule has 1 aliphatic heterocycles. The number of fused-ring (bicyclic) bond motifs is 2. The van der Waals surface area contributed by atoms with Gasteiger partial charge in [-0.25, -0.2) is 9.67 Å². The molecule has 1 N–H and O–H groups in total. The summed E-state index contributed by atoms with van der Waals surface area (Å²) in [6.45, 7) is 2.22. The van der Waals surface area contributed by atoms with Gasteiger partial charge in [-0.2, -0.15) is 18.3 Å². The second kappa shape index (κ2) is 9.46. The molecule has 2 aromatic heterocycles. The zero-order valence-corrected chi connectivity index (χ0v) is 21.3. The molecule has 0 unspecified atom stereocenters. The second-order valence-corrected chi connectivity index (χ2v) is 9.70. The molecule has 7 nitrogen and oxygen atoms in total. The molecular weight excluding hydrogens is 531 g/mol. The lowest BCUT2D eigenvalue weighted by Crippen LogP contribution is -2.33. The number of nitrogens with zero attached hydrogens (tertiary/aromatic N) is 4. The predicted molar refractivity (Wildman–Crippen MR) is 140 cm³/mol. The first-order valence-corrected chi connectivity index (χ1v) is 12.5. The summed E-state index contributed by atoms with van der Waals surface area (Å²) in [6, 6.07) is 17.6. The summed E-state index contributed by atoms with van der Waals surface area (Å²) < 4.78 is 48.7. The number of hydrogen-bond acceptors (Lipinski definition) is 4. The number of imidazole rings is 1. The Morgan fingerprint density at radius 3 is 2.56 bits per heavy atom. The number of H-pyrrole nitrogens is 1.